The number of rotatable bonds is 6. The molecule has 3 fully saturated rings. The lowest BCUT2D eigenvalue weighted by molar-refractivity contribution is 0.148. The van der Waals surface area contributed by atoms with E-state index in [0.29, 0.717) is 0 Å². The van der Waals surface area contributed by atoms with Crippen molar-refractivity contribution in [3.05, 3.63) is 24.8 Å². The second kappa shape index (κ2) is 9.98. The van der Waals surface area contributed by atoms with Gasteiger partial charge >= 0.3 is 0 Å². The van der Waals surface area contributed by atoms with Gasteiger partial charge in [-0.05, 0) is 99.7 Å². The number of hydrogen-bond acceptors (Lipinski definition) is 0. The molecule has 0 unspecified atom stereocenters. The van der Waals surface area contributed by atoms with Gasteiger partial charge in [0.1, 0.15) is 0 Å². The SMILES string of the molecule is C=CC1CCC(/C=C/CCC2CCC(C3CCC(C)CC3)CC2)CC1. The fraction of sp³-hybridized carbons (Fsp3) is 0.840. The van der Waals surface area contributed by atoms with E-state index in [-0.39, 0.29) is 0 Å². The highest BCUT2D eigenvalue weighted by Crippen LogP contribution is 2.42. The second-order valence-electron chi connectivity index (χ2n) is 9.72. The maximum absolute atomic E-state index is 3.96. The fourth-order valence-electron chi connectivity index (χ4n) is 5.90. The van der Waals surface area contributed by atoms with Crippen molar-refractivity contribution in [2.24, 2.45) is 35.5 Å². The molecule has 3 aliphatic rings. The summed E-state index contributed by atoms with van der Waals surface area (Å²) in [6, 6.07) is 0. The molecule has 0 N–H and O–H groups in total. The van der Waals surface area contributed by atoms with Crippen molar-refractivity contribution in [2.75, 3.05) is 0 Å². The van der Waals surface area contributed by atoms with Crippen LogP contribution in [-0.2, 0) is 0 Å². The van der Waals surface area contributed by atoms with Crippen LogP contribution >= 0.6 is 0 Å². The first-order chi connectivity index (χ1) is 12.2. The number of hydrogen-bond donors (Lipinski definition) is 0. The average Bonchev–Trinajstić information content (AvgIpc) is 2.67. The van der Waals surface area contributed by atoms with Gasteiger partial charge in [0, 0.05) is 0 Å². The largest absolute Gasteiger partial charge is 0.103 e. The molecule has 0 bridgehead atoms. The average molecular weight is 343 g/mol. The van der Waals surface area contributed by atoms with Crippen LogP contribution in [0.1, 0.15) is 96.8 Å². The molecule has 3 rings (SSSR count). The van der Waals surface area contributed by atoms with Crippen molar-refractivity contribution in [1.82, 2.24) is 0 Å². The molecule has 0 spiro atoms. The fourth-order valence-corrected chi connectivity index (χ4v) is 5.90. The first-order valence-corrected chi connectivity index (χ1v) is 11.5. The van der Waals surface area contributed by atoms with Gasteiger partial charge in [-0.1, -0.05) is 50.8 Å². The van der Waals surface area contributed by atoms with Gasteiger partial charge < -0.3 is 0 Å². The molecule has 0 radical (unpaired) electrons. The van der Waals surface area contributed by atoms with Gasteiger partial charge in [-0.15, -0.1) is 6.58 Å². The molecule has 3 saturated carbocycles. The summed E-state index contributed by atoms with van der Waals surface area (Å²) in [5.41, 5.74) is 0. The predicted molar refractivity (Wildman–Crippen MR) is 111 cm³/mol. The van der Waals surface area contributed by atoms with Gasteiger partial charge in [0.15, 0.2) is 0 Å². The van der Waals surface area contributed by atoms with E-state index in [0.717, 1.165) is 35.5 Å². The lowest BCUT2D eigenvalue weighted by Gasteiger charge is -2.37. The molecule has 0 heteroatoms. The van der Waals surface area contributed by atoms with Gasteiger partial charge in [-0.3, -0.25) is 0 Å². The molecule has 0 amide bonds. The van der Waals surface area contributed by atoms with Gasteiger partial charge in [0.05, 0.1) is 0 Å². The van der Waals surface area contributed by atoms with E-state index in [1.165, 1.54) is 77.0 Å². The molecule has 0 saturated heterocycles. The van der Waals surface area contributed by atoms with Crippen LogP contribution in [0.3, 0.4) is 0 Å². The molecule has 0 aromatic carbocycles. The summed E-state index contributed by atoms with van der Waals surface area (Å²) in [6.45, 7) is 6.41. The van der Waals surface area contributed by atoms with E-state index in [4.69, 9.17) is 0 Å². The first-order valence-electron chi connectivity index (χ1n) is 11.5. The third-order valence-corrected chi connectivity index (χ3v) is 7.92. The van der Waals surface area contributed by atoms with E-state index in [1.807, 2.05) is 0 Å². The standard InChI is InChI=1S/C25H42/c1-3-21-10-12-22(13-11-21)6-4-5-7-23-14-18-25(19-15-23)24-16-8-20(2)9-17-24/h3-4,6,20-25H,1,5,7-19H2,2H3/b6-4+. The normalized spacial score (nSPS) is 40.2. The highest BCUT2D eigenvalue weighted by atomic mass is 14.3. The minimum atomic E-state index is 0.798. The zero-order chi connectivity index (χ0) is 17.5. The minimum Gasteiger partial charge on any atom is -0.103 e. The highest BCUT2D eigenvalue weighted by Gasteiger charge is 2.29. The Bertz CT molecular complexity index is 396. The summed E-state index contributed by atoms with van der Waals surface area (Å²) in [5.74, 6) is 5.86. The van der Waals surface area contributed by atoms with Crippen molar-refractivity contribution in [1.29, 1.82) is 0 Å². The van der Waals surface area contributed by atoms with Crippen LogP contribution in [0.15, 0.2) is 24.8 Å². The monoisotopic (exact) mass is 342 g/mol. The van der Waals surface area contributed by atoms with Gasteiger partial charge in [0.2, 0.25) is 0 Å². The Morgan fingerprint density at radius 3 is 1.88 bits per heavy atom. The van der Waals surface area contributed by atoms with Crippen LogP contribution in [0.2, 0.25) is 0 Å². The Balaban J connectivity index is 1.28. The molecule has 0 heterocycles. The van der Waals surface area contributed by atoms with Gasteiger partial charge in [-0.25, -0.2) is 0 Å². The predicted octanol–water partition coefficient (Wildman–Crippen LogP) is 7.95. The summed E-state index contributed by atoms with van der Waals surface area (Å²) < 4.78 is 0. The molecule has 0 aromatic rings. The quantitative estimate of drug-likeness (QED) is 0.430. The van der Waals surface area contributed by atoms with Crippen LogP contribution < -0.4 is 0 Å². The summed E-state index contributed by atoms with van der Waals surface area (Å²) in [7, 11) is 0. The van der Waals surface area contributed by atoms with Crippen molar-refractivity contribution in [2.45, 2.75) is 96.8 Å². The van der Waals surface area contributed by atoms with E-state index in [2.05, 4.69) is 31.7 Å². The van der Waals surface area contributed by atoms with Crippen molar-refractivity contribution in [3.8, 4) is 0 Å². The Hall–Kier alpha value is -0.520. The molecule has 0 atom stereocenters. The van der Waals surface area contributed by atoms with Crippen LogP contribution in [0.4, 0.5) is 0 Å². The minimum absolute atomic E-state index is 0.798. The Labute approximate surface area is 157 Å². The topological polar surface area (TPSA) is 0 Å². The third kappa shape index (κ3) is 6.00. The van der Waals surface area contributed by atoms with Crippen LogP contribution in [-0.4, -0.2) is 0 Å². The Morgan fingerprint density at radius 2 is 1.28 bits per heavy atom. The highest BCUT2D eigenvalue weighted by molar-refractivity contribution is 4.94. The zero-order valence-corrected chi connectivity index (χ0v) is 16.8. The van der Waals surface area contributed by atoms with Crippen molar-refractivity contribution >= 4 is 0 Å². The molecule has 0 aliphatic heterocycles. The summed E-state index contributed by atoms with van der Waals surface area (Å²) in [5, 5.41) is 0. The maximum atomic E-state index is 3.96. The third-order valence-electron chi connectivity index (χ3n) is 7.92. The molecule has 142 valence electrons. The van der Waals surface area contributed by atoms with Crippen LogP contribution in [0, 0.1) is 35.5 Å². The van der Waals surface area contributed by atoms with Crippen LogP contribution in [0.25, 0.3) is 0 Å². The van der Waals surface area contributed by atoms with E-state index < -0.39 is 0 Å². The molecule has 3 aliphatic carbocycles. The van der Waals surface area contributed by atoms with E-state index >= 15 is 0 Å². The summed E-state index contributed by atoms with van der Waals surface area (Å²) >= 11 is 0. The maximum Gasteiger partial charge on any atom is -0.0233 e. The lowest BCUT2D eigenvalue weighted by Crippen LogP contribution is -2.25. The van der Waals surface area contributed by atoms with Gasteiger partial charge in [-0.2, -0.15) is 0 Å². The smallest absolute Gasteiger partial charge is 0.0233 e. The molecular weight excluding hydrogens is 300 g/mol. The number of allylic oxidation sites excluding steroid dienone is 3. The van der Waals surface area contributed by atoms with E-state index in [1.54, 1.807) is 12.8 Å². The molecule has 0 aromatic heterocycles. The summed E-state index contributed by atoms with van der Waals surface area (Å²) in [6.07, 6.45) is 27.7. The summed E-state index contributed by atoms with van der Waals surface area (Å²) in [4.78, 5) is 0. The molecular formula is C25H42. The second-order valence-corrected chi connectivity index (χ2v) is 9.72. The molecule has 25 heavy (non-hydrogen) atoms. The van der Waals surface area contributed by atoms with Crippen molar-refractivity contribution in [3.63, 3.8) is 0 Å². The van der Waals surface area contributed by atoms with Crippen LogP contribution in [0.5, 0.6) is 0 Å². The Kier molecular flexibility index (Phi) is 7.68. The van der Waals surface area contributed by atoms with E-state index in [9.17, 15) is 0 Å². The van der Waals surface area contributed by atoms with Crippen molar-refractivity contribution < 1.29 is 0 Å². The zero-order valence-electron chi connectivity index (χ0n) is 16.8. The Morgan fingerprint density at radius 1 is 0.720 bits per heavy atom. The van der Waals surface area contributed by atoms with Gasteiger partial charge in [0.25, 0.3) is 0 Å². The lowest BCUT2D eigenvalue weighted by atomic mass is 9.69. The molecule has 0 nitrogen and oxygen atoms in total. The first kappa shape index (κ1) is 19.2.